The van der Waals surface area contributed by atoms with Crippen LogP contribution in [0.4, 0.5) is 0 Å². The van der Waals surface area contributed by atoms with Crippen molar-refractivity contribution in [2.24, 2.45) is 0 Å². The van der Waals surface area contributed by atoms with Gasteiger partial charge in [0.05, 0.1) is 0 Å². The molecule has 0 heterocycles. The molecule has 0 amide bonds. The van der Waals surface area contributed by atoms with Crippen molar-refractivity contribution in [3.63, 3.8) is 0 Å². The summed E-state index contributed by atoms with van der Waals surface area (Å²) >= 11 is 0. The van der Waals surface area contributed by atoms with Gasteiger partial charge in [-0.05, 0) is 0 Å². The van der Waals surface area contributed by atoms with Gasteiger partial charge in [0.15, 0.2) is 0 Å². The van der Waals surface area contributed by atoms with E-state index in [-0.39, 0.29) is 5.34 Å². The third-order valence-electron chi connectivity index (χ3n) is 0. The van der Waals surface area contributed by atoms with Crippen molar-refractivity contribution in [2.45, 2.75) is 0 Å². The maximum absolute atomic E-state index is 8.88. The van der Waals surface area contributed by atoms with Crippen LogP contribution in [-0.2, 0) is 4.57 Å². The van der Waals surface area contributed by atoms with Gasteiger partial charge in [-0.3, -0.25) is 10.1 Å². The highest BCUT2D eigenvalue weighted by atomic mass is 31.2. The zero-order valence-electron chi connectivity index (χ0n) is 3.51. The van der Waals surface area contributed by atoms with Gasteiger partial charge >= 0.3 is 7.82 Å². The topological polar surface area (TPSA) is 132 Å². The Morgan fingerprint density at radius 2 is 1.38 bits per heavy atom. The fourth-order valence-electron chi connectivity index (χ4n) is 0. The van der Waals surface area contributed by atoms with Gasteiger partial charge in [-0.25, -0.2) is 4.57 Å². The molecule has 7 nitrogen and oxygen atoms in total. The van der Waals surface area contributed by atoms with E-state index in [9.17, 15) is 0 Å². The van der Waals surface area contributed by atoms with Crippen LogP contribution in [0.5, 0.6) is 0 Å². The summed E-state index contributed by atoms with van der Waals surface area (Å²) in [6.07, 6.45) is 0. The Morgan fingerprint density at radius 3 is 1.38 bits per heavy atom. The lowest BCUT2D eigenvalue weighted by atomic mass is 13.4. The summed E-state index contributed by atoms with van der Waals surface area (Å²) in [4.78, 5) is 29.7. The Bertz CT molecular complexity index is 82.4. The van der Waals surface area contributed by atoms with E-state index in [1.807, 2.05) is 0 Å². The average molecular weight is 145 g/mol. The molecule has 0 rings (SSSR count). The maximum atomic E-state index is 8.88. The van der Waals surface area contributed by atoms with Gasteiger partial charge in [0.1, 0.15) is 0 Å². The molecule has 0 aliphatic rings. The smallest absolute Gasteiger partial charge is 0.303 e. The van der Waals surface area contributed by atoms with Crippen LogP contribution in [0.15, 0.2) is 0 Å². The van der Waals surface area contributed by atoms with Gasteiger partial charge in [0, 0.05) is 5.34 Å². The predicted octanol–water partition coefficient (Wildman–Crippen LogP) is -2.60. The lowest BCUT2D eigenvalue weighted by molar-refractivity contribution is -0.398. The maximum Gasteiger partial charge on any atom is 0.466 e. The van der Waals surface area contributed by atoms with Crippen LogP contribution >= 0.6 is 7.82 Å². The van der Waals surface area contributed by atoms with E-state index in [0.29, 0.717) is 0 Å². The minimum absolute atomic E-state index is 0.250. The first-order chi connectivity index (χ1) is 3.41. The number of hydrogen-bond donors (Lipinski definition) is 4. The molecule has 0 aliphatic heterocycles. The average Bonchev–Trinajstić information content (AvgIpc) is 1.27. The summed E-state index contributed by atoms with van der Waals surface area (Å²) in [7, 11) is -4.64. The number of phosphoric acid groups is 1. The van der Waals surface area contributed by atoms with E-state index in [1.54, 1.807) is 0 Å². The highest BCUT2D eigenvalue weighted by molar-refractivity contribution is 7.45. The SMILES string of the molecule is O=P(O)(O)O.O=[NH+][O-]. The van der Waals surface area contributed by atoms with Crippen molar-refractivity contribution in [1.82, 2.24) is 0 Å². The molecular weight excluding hydrogens is 141 g/mol. The fraction of sp³-hybridized carbons (Fsp3) is 0. The van der Waals surface area contributed by atoms with Crippen LogP contribution in [0, 0.1) is 10.1 Å². The normalized spacial score (nSPS) is 8.88. The summed E-state index contributed by atoms with van der Waals surface area (Å²) in [5, 5.41) is 8.38. The van der Waals surface area contributed by atoms with Gasteiger partial charge in [0.25, 0.3) is 0 Å². The number of hydrogen-bond acceptors (Lipinski definition) is 3. The molecule has 0 aromatic heterocycles. The second-order valence-corrected chi connectivity index (χ2v) is 1.62. The highest BCUT2D eigenvalue weighted by Gasteiger charge is 2.00. The molecule has 0 spiro atoms. The molecule has 0 bridgehead atoms. The van der Waals surface area contributed by atoms with Crippen molar-refractivity contribution in [2.75, 3.05) is 0 Å². The molecule has 8 heavy (non-hydrogen) atoms. The van der Waals surface area contributed by atoms with Gasteiger partial charge in [-0.1, -0.05) is 0 Å². The Kier molecular flexibility index (Phi) is 6.11. The van der Waals surface area contributed by atoms with Crippen LogP contribution in [0.3, 0.4) is 0 Å². The van der Waals surface area contributed by atoms with E-state index in [2.05, 4.69) is 0 Å². The van der Waals surface area contributed by atoms with E-state index >= 15 is 0 Å². The third kappa shape index (κ3) is 467. The van der Waals surface area contributed by atoms with Crippen molar-refractivity contribution in [3.8, 4) is 0 Å². The first kappa shape index (κ1) is 10.5. The lowest BCUT2D eigenvalue weighted by Gasteiger charge is -1.82. The van der Waals surface area contributed by atoms with Gasteiger partial charge < -0.3 is 14.7 Å². The van der Waals surface area contributed by atoms with Crippen LogP contribution in [0.1, 0.15) is 0 Å². The standard InChI is InChI=1S/HNO2.H3O4P/c2-1-3;1-5(2,3)4/h1H;(H3,1,2,3,4). The van der Waals surface area contributed by atoms with Crippen LogP contribution in [-0.4, -0.2) is 14.7 Å². The third-order valence-corrected chi connectivity index (χ3v) is 0. The highest BCUT2D eigenvalue weighted by Crippen LogP contribution is 2.25. The predicted molar refractivity (Wildman–Crippen MR) is 22.0 cm³/mol. The fourth-order valence-corrected chi connectivity index (χ4v) is 0. The quantitative estimate of drug-likeness (QED) is 0.168. The molecule has 0 fully saturated rings. The molecular formula is H4NO6P. The monoisotopic (exact) mass is 145 g/mol. The molecule has 4 N–H and O–H groups in total. The second-order valence-electron chi connectivity index (χ2n) is 0.597. The van der Waals surface area contributed by atoms with Crippen LogP contribution in [0.25, 0.3) is 0 Å². The first-order valence-electron chi connectivity index (χ1n) is 1.19. The zero-order chi connectivity index (χ0) is 7.21. The van der Waals surface area contributed by atoms with E-state index in [1.165, 1.54) is 0 Å². The second kappa shape index (κ2) is 4.66. The Morgan fingerprint density at radius 1 is 1.38 bits per heavy atom. The summed E-state index contributed by atoms with van der Waals surface area (Å²) < 4.78 is 8.88. The van der Waals surface area contributed by atoms with Crippen LogP contribution in [0.2, 0.25) is 0 Å². The number of nitrogens with one attached hydrogen (secondary N) is 1. The molecule has 8 heteroatoms. The van der Waals surface area contributed by atoms with E-state index in [4.69, 9.17) is 29.4 Å². The van der Waals surface area contributed by atoms with E-state index < -0.39 is 7.82 Å². The van der Waals surface area contributed by atoms with Gasteiger partial charge in [-0.2, -0.15) is 0 Å². The Labute approximate surface area is 43.8 Å². The molecule has 0 saturated heterocycles. The summed E-state index contributed by atoms with van der Waals surface area (Å²) in [5.41, 5.74) is 0. The van der Waals surface area contributed by atoms with Crippen molar-refractivity contribution in [3.05, 3.63) is 10.1 Å². The summed E-state index contributed by atoms with van der Waals surface area (Å²) in [6.45, 7) is 0. The molecule has 0 radical (unpaired) electrons. The Balaban J connectivity index is 0. The molecule has 0 saturated carbocycles. The number of rotatable bonds is 0. The minimum atomic E-state index is -4.64. The molecule has 0 aromatic carbocycles. The molecule has 0 unspecified atom stereocenters. The van der Waals surface area contributed by atoms with Crippen molar-refractivity contribution >= 4 is 7.82 Å². The first-order valence-corrected chi connectivity index (χ1v) is 2.76. The Hall–Kier alpha value is -0.490. The molecule has 0 aromatic rings. The largest absolute Gasteiger partial charge is 0.466 e. The van der Waals surface area contributed by atoms with Gasteiger partial charge in [-0.15, -0.1) is 0 Å². The van der Waals surface area contributed by atoms with Gasteiger partial charge in [0.2, 0.25) is 0 Å². The molecule has 0 aliphatic carbocycles. The van der Waals surface area contributed by atoms with Crippen LogP contribution < -0.4 is 5.34 Å². The van der Waals surface area contributed by atoms with Crippen molar-refractivity contribution in [1.29, 1.82) is 0 Å². The lowest BCUT2D eigenvalue weighted by Crippen LogP contribution is -2.53. The minimum Gasteiger partial charge on any atom is -0.303 e. The van der Waals surface area contributed by atoms with Crippen molar-refractivity contribution < 1.29 is 24.6 Å². The zero-order valence-corrected chi connectivity index (χ0v) is 4.41. The molecule has 0 atom stereocenters. The molecule has 50 valence electrons. The van der Waals surface area contributed by atoms with E-state index in [0.717, 1.165) is 0 Å². The summed E-state index contributed by atoms with van der Waals surface area (Å²) in [6, 6.07) is 0. The summed E-state index contributed by atoms with van der Waals surface area (Å²) in [5.74, 6) is 0.